The number of aromatic nitrogens is 2. The molecule has 1 N–H and O–H groups in total. The van der Waals surface area contributed by atoms with Gasteiger partial charge in [-0.2, -0.15) is 5.10 Å². The van der Waals surface area contributed by atoms with Crippen LogP contribution in [0.4, 0.5) is 5.82 Å². The maximum Gasteiger partial charge on any atom is 0.133 e. The standard InChI is InChI=1S/C18H16ClN3O/c1-23-15-7-5-12(6-8-15)17-16-9-10-20-18(16)22(21-17)14-4-2-3-13(19)11-14/h2-8,11,20H,9-10H2,1H3. The zero-order valence-corrected chi connectivity index (χ0v) is 13.5. The topological polar surface area (TPSA) is 39.1 Å². The van der Waals surface area contributed by atoms with E-state index in [9.17, 15) is 0 Å². The monoisotopic (exact) mass is 325 g/mol. The van der Waals surface area contributed by atoms with Gasteiger partial charge in [-0.05, 0) is 48.9 Å². The predicted molar refractivity (Wildman–Crippen MR) is 92.8 cm³/mol. The first kappa shape index (κ1) is 14.2. The van der Waals surface area contributed by atoms with Crippen molar-refractivity contribution in [3.8, 4) is 22.7 Å². The van der Waals surface area contributed by atoms with Crippen molar-refractivity contribution in [3.63, 3.8) is 0 Å². The summed E-state index contributed by atoms with van der Waals surface area (Å²) in [5, 5.41) is 8.96. The summed E-state index contributed by atoms with van der Waals surface area (Å²) in [5.74, 6) is 1.90. The predicted octanol–water partition coefficient (Wildman–Crippen LogP) is 4.17. The summed E-state index contributed by atoms with van der Waals surface area (Å²) in [5.41, 5.74) is 4.30. The first-order valence-corrected chi connectivity index (χ1v) is 7.90. The average molecular weight is 326 g/mol. The van der Waals surface area contributed by atoms with E-state index < -0.39 is 0 Å². The Hall–Kier alpha value is -2.46. The maximum absolute atomic E-state index is 6.13. The van der Waals surface area contributed by atoms with Crippen molar-refractivity contribution >= 4 is 17.4 Å². The fraction of sp³-hybridized carbons (Fsp3) is 0.167. The van der Waals surface area contributed by atoms with Crippen LogP contribution in [0.1, 0.15) is 5.56 Å². The van der Waals surface area contributed by atoms with Gasteiger partial charge in [-0.1, -0.05) is 17.7 Å². The summed E-state index contributed by atoms with van der Waals surface area (Å²) in [4.78, 5) is 0. The van der Waals surface area contributed by atoms with Gasteiger partial charge in [0.2, 0.25) is 0 Å². The molecule has 0 aliphatic carbocycles. The lowest BCUT2D eigenvalue weighted by Crippen LogP contribution is -2.04. The Labute approximate surface area is 139 Å². The highest BCUT2D eigenvalue weighted by molar-refractivity contribution is 6.30. The Bertz CT molecular complexity index is 855. The van der Waals surface area contributed by atoms with Gasteiger partial charge in [-0.15, -0.1) is 0 Å². The Morgan fingerprint density at radius 2 is 2.00 bits per heavy atom. The van der Waals surface area contributed by atoms with Crippen molar-refractivity contribution in [3.05, 3.63) is 59.1 Å². The third-order valence-electron chi connectivity index (χ3n) is 4.07. The van der Waals surface area contributed by atoms with Gasteiger partial charge >= 0.3 is 0 Å². The maximum atomic E-state index is 6.13. The molecule has 116 valence electrons. The first-order valence-electron chi connectivity index (χ1n) is 7.52. The third kappa shape index (κ3) is 2.45. The highest BCUT2D eigenvalue weighted by atomic mass is 35.5. The van der Waals surface area contributed by atoms with Crippen LogP contribution in [-0.2, 0) is 6.42 Å². The molecule has 1 aromatic heterocycles. The van der Waals surface area contributed by atoms with Crippen molar-refractivity contribution < 1.29 is 4.74 Å². The summed E-state index contributed by atoms with van der Waals surface area (Å²) in [6.07, 6.45) is 0.970. The van der Waals surface area contributed by atoms with Gasteiger partial charge in [-0.3, -0.25) is 0 Å². The summed E-state index contributed by atoms with van der Waals surface area (Å²) in [6.45, 7) is 0.927. The van der Waals surface area contributed by atoms with Gasteiger partial charge in [0.15, 0.2) is 0 Å². The molecule has 0 radical (unpaired) electrons. The third-order valence-corrected chi connectivity index (χ3v) is 4.30. The molecular formula is C18H16ClN3O. The molecule has 2 aromatic carbocycles. The minimum absolute atomic E-state index is 0.704. The van der Waals surface area contributed by atoms with Gasteiger partial charge in [-0.25, -0.2) is 4.68 Å². The molecule has 1 aliphatic rings. The molecule has 3 aromatic rings. The Morgan fingerprint density at radius 3 is 2.74 bits per heavy atom. The SMILES string of the molecule is COc1ccc(-c2nn(-c3cccc(Cl)c3)c3c2CCN3)cc1. The van der Waals surface area contributed by atoms with Crippen LogP contribution in [0.2, 0.25) is 5.02 Å². The highest BCUT2D eigenvalue weighted by Gasteiger charge is 2.23. The van der Waals surface area contributed by atoms with Crippen LogP contribution < -0.4 is 10.1 Å². The molecule has 0 unspecified atom stereocenters. The minimum Gasteiger partial charge on any atom is -0.497 e. The summed E-state index contributed by atoms with van der Waals surface area (Å²) < 4.78 is 7.17. The van der Waals surface area contributed by atoms with Gasteiger partial charge in [0.05, 0.1) is 18.5 Å². The number of benzene rings is 2. The van der Waals surface area contributed by atoms with Crippen LogP contribution in [-0.4, -0.2) is 23.4 Å². The molecule has 0 fully saturated rings. The molecule has 23 heavy (non-hydrogen) atoms. The second kappa shape index (κ2) is 5.63. The highest BCUT2D eigenvalue weighted by Crippen LogP contribution is 2.35. The molecule has 1 aliphatic heterocycles. The van der Waals surface area contributed by atoms with E-state index in [-0.39, 0.29) is 0 Å². The molecule has 0 amide bonds. The smallest absolute Gasteiger partial charge is 0.133 e. The second-order valence-electron chi connectivity index (χ2n) is 5.47. The average Bonchev–Trinajstić information content (AvgIpc) is 3.17. The quantitative estimate of drug-likeness (QED) is 0.785. The first-order chi connectivity index (χ1) is 11.3. The molecular weight excluding hydrogens is 310 g/mol. The van der Waals surface area contributed by atoms with Crippen LogP contribution in [0.3, 0.4) is 0 Å². The van der Waals surface area contributed by atoms with E-state index in [1.54, 1.807) is 7.11 Å². The van der Waals surface area contributed by atoms with Crippen molar-refractivity contribution in [2.24, 2.45) is 0 Å². The van der Waals surface area contributed by atoms with E-state index >= 15 is 0 Å². The molecule has 0 bridgehead atoms. The fourth-order valence-electron chi connectivity index (χ4n) is 2.95. The van der Waals surface area contributed by atoms with Gasteiger partial charge in [0.1, 0.15) is 11.6 Å². The van der Waals surface area contributed by atoms with Gasteiger partial charge < -0.3 is 10.1 Å². The van der Waals surface area contributed by atoms with Crippen LogP contribution in [0.15, 0.2) is 48.5 Å². The van der Waals surface area contributed by atoms with Crippen molar-refractivity contribution in [2.75, 3.05) is 19.0 Å². The van der Waals surface area contributed by atoms with Gasteiger partial charge in [0.25, 0.3) is 0 Å². The van der Waals surface area contributed by atoms with E-state index in [2.05, 4.69) is 5.32 Å². The number of rotatable bonds is 3. The number of methoxy groups -OCH3 is 1. The molecule has 5 heteroatoms. The zero-order chi connectivity index (χ0) is 15.8. The van der Waals surface area contributed by atoms with E-state index in [0.717, 1.165) is 41.5 Å². The zero-order valence-electron chi connectivity index (χ0n) is 12.7. The fourth-order valence-corrected chi connectivity index (χ4v) is 3.13. The number of ether oxygens (including phenoxy) is 1. The lowest BCUT2D eigenvalue weighted by Gasteiger charge is -2.06. The van der Waals surface area contributed by atoms with E-state index in [4.69, 9.17) is 21.4 Å². The summed E-state index contributed by atoms with van der Waals surface area (Å²) in [6, 6.07) is 15.7. The van der Waals surface area contributed by atoms with E-state index in [1.807, 2.05) is 53.2 Å². The lowest BCUT2D eigenvalue weighted by atomic mass is 10.1. The number of hydrogen-bond acceptors (Lipinski definition) is 3. The molecule has 0 saturated carbocycles. The number of nitrogens with one attached hydrogen (secondary N) is 1. The van der Waals surface area contributed by atoms with Crippen LogP contribution >= 0.6 is 11.6 Å². The van der Waals surface area contributed by atoms with Crippen LogP contribution in [0, 0.1) is 0 Å². The van der Waals surface area contributed by atoms with Crippen LogP contribution in [0.5, 0.6) is 5.75 Å². The Balaban J connectivity index is 1.84. The second-order valence-corrected chi connectivity index (χ2v) is 5.91. The molecule has 0 saturated heterocycles. The molecule has 4 rings (SSSR count). The molecule has 4 nitrogen and oxygen atoms in total. The lowest BCUT2D eigenvalue weighted by molar-refractivity contribution is 0.415. The largest absolute Gasteiger partial charge is 0.497 e. The number of fused-ring (bicyclic) bond motifs is 1. The normalized spacial score (nSPS) is 12.8. The number of hydrogen-bond donors (Lipinski definition) is 1. The van der Waals surface area contributed by atoms with Crippen molar-refractivity contribution in [1.29, 1.82) is 0 Å². The van der Waals surface area contributed by atoms with Crippen LogP contribution in [0.25, 0.3) is 16.9 Å². The Kier molecular flexibility index (Phi) is 3.46. The van der Waals surface area contributed by atoms with E-state index in [0.29, 0.717) is 5.02 Å². The van der Waals surface area contributed by atoms with Gasteiger partial charge in [0, 0.05) is 22.7 Å². The van der Waals surface area contributed by atoms with Crippen molar-refractivity contribution in [1.82, 2.24) is 9.78 Å². The van der Waals surface area contributed by atoms with Crippen molar-refractivity contribution in [2.45, 2.75) is 6.42 Å². The minimum atomic E-state index is 0.704. The molecule has 0 spiro atoms. The Morgan fingerprint density at radius 1 is 1.17 bits per heavy atom. The number of halogens is 1. The molecule has 0 atom stereocenters. The summed E-state index contributed by atoms with van der Waals surface area (Å²) >= 11 is 6.13. The molecule has 2 heterocycles. The number of nitrogens with zero attached hydrogens (tertiary/aromatic N) is 2. The van der Waals surface area contributed by atoms with E-state index in [1.165, 1.54) is 5.56 Å². The number of anilines is 1. The summed E-state index contributed by atoms with van der Waals surface area (Å²) in [7, 11) is 1.67.